The number of guanidine groups is 1. The third kappa shape index (κ3) is 5.53. The molecule has 1 aliphatic rings. The summed E-state index contributed by atoms with van der Waals surface area (Å²) < 4.78 is 1.09. The highest BCUT2D eigenvalue weighted by Crippen LogP contribution is 2.12. The first-order valence-corrected chi connectivity index (χ1v) is 8.77. The quantitative estimate of drug-likeness (QED) is 0.386. The fourth-order valence-electron chi connectivity index (χ4n) is 2.69. The van der Waals surface area contributed by atoms with Gasteiger partial charge in [-0.25, -0.2) is 9.97 Å². The number of aliphatic imine (C=N–C) groups is 1. The van der Waals surface area contributed by atoms with E-state index in [1.165, 1.54) is 5.56 Å². The van der Waals surface area contributed by atoms with Crippen LogP contribution in [0.3, 0.4) is 0 Å². The molecular formula is C17H22BrIN6. The molecule has 2 aromatic rings. The van der Waals surface area contributed by atoms with Crippen LogP contribution in [0.5, 0.6) is 0 Å². The van der Waals surface area contributed by atoms with Crippen LogP contribution in [0.25, 0.3) is 0 Å². The van der Waals surface area contributed by atoms with Crippen molar-refractivity contribution < 1.29 is 0 Å². The molecule has 0 aliphatic carbocycles. The van der Waals surface area contributed by atoms with Gasteiger partial charge in [0.25, 0.3) is 0 Å². The maximum atomic E-state index is 4.41. The Labute approximate surface area is 173 Å². The van der Waals surface area contributed by atoms with Gasteiger partial charge in [0, 0.05) is 56.6 Å². The van der Waals surface area contributed by atoms with E-state index in [4.69, 9.17) is 0 Å². The number of hydrogen-bond acceptors (Lipinski definition) is 4. The molecule has 1 fully saturated rings. The highest BCUT2D eigenvalue weighted by Gasteiger charge is 2.20. The minimum absolute atomic E-state index is 0. The Balaban J connectivity index is 0.00000225. The highest BCUT2D eigenvalue weighted by molar-refractivity contribution is 14.0. The summed E-state index contributed by atoms with van der Waals surface area (Å²) in [6.45, 7) is 4.35. The maximum absolute atomic E-state index is 4.41. The molecule has 8 heteroatoms. The van der Waals surface area contributed by atoms with E-state index in [1.807, 2.05) is 13.1 Å². The number of anilines is 1. The lowest BCUT2D eigenvalue weighted by Crippen LogP contribution is -2.52. The van der Waals surface area contributed by atoms with Crippen molar-refractivity contribution in [1.29, 1.82) is 0 Å². The molecule has 0 spiro atoms. The van der Waals surface area contributed by atoms with Crippen molar-refractivity contribution in [2.24, 2.45) is 4.99 Å². The molecule has 1 aliphatic heterocycles. The SMILES string of the molecule is CN=C(NCc1ccc(Br)cc1)N1CCN(c2ncccn2)CC1.I. The minimum Gasteiger partial charge on any atom is -0.352 e. The number of nitrogens with one attached hydrogen (secondary N) is 1. The average molecular weight is 517 g/mol. The van der Waals surface area contributed by atoms with E-state index in [2.05, 4.69) is 70.3 Å². The van der Waals surface area contributed by atoms with Crippen LogP contribution in [0.1, 0.15) is 5.56 Å². The zero-order chi connectivity index (χ0) is 16.8. The van der Waals surface area contributed by atoms with E-state index >= 15 is 0 Å². The molecule has 0 atom stereocenters. The third-order valence-corrected chi connectivity index (χ3v) is 4.52. The van der Waals surface area contributed by atoms with Crippen LogP contribution in [-0.2, 0) is 6.54 Å². The molecule has 1 aromatic heterocycles. The second-order valence-electron chi connectivity index (χ2n) is 5.55. The predicted molar refractivity (Wildman–Crippen MR) is 116 cm³/mol. The number of nitrogens with zero attached hydrogens (tertiary/aromatic N) is 5. The van der Waals surface area contributed by atoms with Crippen molar-refractivity contribution >= 4 is 51.8 Å². The van der Waals surface area contributed by atoms with Gasteiger partial charge in [-0.05, 0) is 23.8 Å². The first-order chi connectivity index (χ1) is 11.8. The summed E-state index contributed by atoms with van der Waals surface area (Å²) in [6.07, 6.45) is 3.57. The first-order valence-electron chi connectivity index (χ1n) is 7.98. The Hall–Kier alpha value is -1.42. The van der Waals surface area contributed by atoms with Gasteiger partial charge in [-0.15, -0.1) is 24.0 Å². The Morgan fingerprint density at radius 2 is 1.76 bits per heavy atom. The lowest BCUT2D eigenvalue weighted by atomic mass is 10.2. The number of rotatable bonds is 3. The molecule has 134 valence electrons. The van der Waals surface area contributed by atoms with Gasteiger partial charge >= 0.3 is 0 Å². The highest BCUT2D eigenvalue weighted by atomic mass is 127. The van der Waals surface area contributed by atoms with E-state index in [-0.39, 0.29) is 24.0 Å². The van der Waals surface area contributed by atoms with Gasteiger partial charge in [0.05, 0.1) is 0 Å². The van der Waals surface area contributed by atoms with Gasteiger partial charge in [-0.3, -0.25) is 4.99 Å². The van der Waals surface area contributed by atoms with Crippen molar-refractivity contribution in [3.05, 3.63) is 52.8 Å². The molecule has 3 rings (SSSR count). The van der Waals surface area contributed by atoms with Crippen LogP contribution < -0.4 is 10.2 Å². The van der Waals surface area contributed by atoms with Crippen LogP contribution in [0.2, 0.25) is 0 Å². The molecule has 1 aromatic carbocycles. The number of halogens is 2. The largest absolute Gasteiger partial charge is 0.352 e. The Kier molecular flexibility index (Phi) is 7.89. The van der Waals surface area contributed by atoms with Crippen molar-refractivity contribution in [3.8, 4) is 0 Å². The summed E-state index contributed by atoms with van der Waals surface area (Å²) in [5.41, 5.74) is 1.23. The number of piperazine rings is 1. The Bertz CT molecular complexity index is 671. The molecule has 6 nitrogen and oxygen atoms in total. The second-order valence-corrected chi connectivity index (χ2v) is 6.47. The monoisotopic (exact) mass is 516 g/mol. The van der Waals surface area contributed by atoms with Crippen LogP contribution in [0, 0.1) is 0 Å². The third-order valence-electron chi connectivity index (χ3n) is 3.99. The van der Waals surface area contributed by atoms with Gasteiger partial charge in [0.2, 0.25) is 5.95 Å². The number of hydrogen-bond donors (Lipinski definition) is 1. The second kappa shape index (κ2) is 9.91. The summed E-state index contributed by atoms with van der Waals surface area (Å²) in [4.78, 5) is 17.5. The van der Waals surface area contributed by atoms with Crippen LogP contribution in [-0.4, -0.2) is 54.1 Å². The minimum atomic E-state index is 0. The maximum Gasteiger partial charge on any atom is 0.225 e. The molecule has 0 bridgehead atoms. The van der Waals surface area contributed by atoms with Crippen molar-refractivity contribution in [2.75, 3.05) is 38.1 Å². The molecule has 25 heavy (non-hydrogen) atoms. The van der Waals surface area contributed by atoms with Gasteiger partial charge in [0.15, 0.2) is 5.96 Å². The van der Waals surface area contributed by atoms with Gasteiger partial charge in [0.1, 0.15) is 0 Å². The van der Waals surface area contributed by atoms with Crippen molar-refractivity contribution in [1.82, 2.24) is 20.2 Å². The summed E-state index contributed by atoms with van der Waals surface area (Å²) >= 11 is 3.46. The molecule has 1 N–H and O–H groups in total. The molecule has 2 heterocycles. The van der Waals surface area contributed by atoms with Crippen LogP contribution in [0.4, 0.5) is 5.95 Å². The number of benzene rings is 1. The van der Waals surface area contributed by atoms with E-state index < -0.39 is 0 Å². The summed E-state index contributed by atoms with van der Waals surface area (Å²) in [7, 11) is 1.83. The lowest BCUT2D eigenvalue weighted by molar-refractivity contribution is 0.370. The normalized spacial score (nSPS) is 14.9. The number of aromatic nitrogens is 2. The summed E-state index contributed by atoms with van der Waals surface area (Å²) in [6, 6.07) is 10.2. The summed E-state index contributed by atoms with van der Waals surface area (Å²) in [5.74, 6) is 1.74. The Morgan fingerprint density at radius 3 is 2.36 bits per heavy atom. The van der Waals surface area contributed by atoms with Gasteiger partial charge < -0.3 is 15.1 Å². The molecule has 0 unspecified atom stereocenters. The van der Waals surface area contributed by atoms with E-state index in [1.54, 1.807) is 12.4 Å². The van der Waals surface area contributed by atoms with Gasteiger partial charge in [-0.1, -0.05) is 28.1 Å². The molecule has 0 radical (unpaired) electrons. The summed E-state index contributed by atoms with van der Waals surface area (Å²) in [5, 5.41) is 3.44. The average Bonchev–Trinajstić information content (AvgIpc) is 2.65. The topological polar surface area (TPSA) is 56.7 Å². The van der Waals surface area contributed by atoms with E-state index in [9.17, 15) is 0 Å². The first kappa shape index (κ1) is 19.9. The lowest BCUT2D eigenvalue weighted by Gasteiger charge is -2.36. The molecule has 0 amide bonds. The van der Waals surface area contributed by atoms with Crippen LogP contribution >= 0.6 is 39.9 Å². The fraction of sp³-hybridized carbons (Fsp3) is 0.353. The van der Waals surface area contributed by atoms with Crippen molar-refractivity contribution in [2.45, 2.75) is 6.54 Å². The predicted octanol–water partition coefficient (Wildman–Crippen LogP) is 2.75. The zero-order valence-electron chi connectivity index (χ0n) is 14.1. The molecule has 0 saturated carbocycles. The van der Waals surface area contributed by atoms with Gasteiger partial charge in [-0.2, -0.15) is 0 Å². The standard InChI is InChI=1S/C17H21BrN6.HI/c1-19-16(22-13-14-3-5-15(18)6-4-14)23-9-11-24(12-10-23)17-20-7-2-8-21-17;/h2-8H,9-13H2,1H3,(H,19,22);1H. The fourth-order valence-corrected chi connectivity index (χ4v) is 2.95. The molecule has 1 saturated heterocycles. The zero-order valence-corrected chi connectivity index (χ0v) is 18.0. The van der Waals surface area contributed by atoms with Crippen LogP contribution in [0.15, 0.2) is 52.2 Å². The molecular weight excluding hydrogens is 495 g/mol. The van der Waals surface area contributed by atoms with E-state index in [0.717, 1.165) is 49.1 Å². The smallest absolute Gasteiger partial charge is 0.225 e. The Morgan fingerprint density at radius 1 is 1.12 bits per heavy atom. The van der Waals surface area contributed by atoms with Crippen molar-refractivity contribution in [3.63, 3.8) is 0 Å². The van der Waals surface area contributed by atoms with E-state index in [0.29, 0.717) is 0 Å².